The van der Waals surface area contributed by atoms with Gasteiger partial charge in [0.05, 0.1) is 32.4 Å². The molecule has 43 heavy (non-hydrogen) atoms. The molecule has 0 spiro atoms. The Labute approximate surface area is 258 Å². The number of carbonyl (C=O) groups is 2. The van der Waals surface area contributed by atoms with Crippen molar-refractivity contribution in [1.82, 2.24) is 4.98 Å². The van der Waals surface area contributed by atoms with E-state index in [1.54, 1.807) is 0 Å². The molecule has 4 aromatic rings. The Morgan fingerprint density at radius 2 is 1.79 bits per heavy atom. The number of carbonyl (C=O) groups excluding carboxylic acids is 2. The fraction of sp³-hybridized carbons (Fsp3) is 0.242. The first-order valence-corrected chi connectivity index (χ1v) is 14.5. The van der Waals surface area contributed by atoms with Crippen LogP contribution in [0.4, 0.5) is 11.4 Å². The van der Waals surface area contributed by atoms with E-state index in [4.69, 9.17) is 32.9 Å². The summed E-state index contributed by atoms with van der Waals surface area (Å²) in [5.74, 6) is -1.14. The number of nitrogens with zero attached hydrogens (tertiary/aromatic N) is 2. The van der Waals surface area contributed by atoms with Gasteiger partial charge in [-0.3, -0.25) is 14.9 Å². The molecule has 0 radical (unpaired) electrons. The zero-order valence-corrected chi connectivity index (χ0v) is 25.3. The van der Waals surface area contributed by atoms with E-state index in [-0.39, 0.29) is 27.7 Å². The van der Waals surface area contributed by atoms with Crippen LogP contribution in [0.3, 0.4) is 0 Å². The number of non-ortho nitro benzene ring substituents is 1. The van der Waals surface area contributed by atoms with E-state index in [9.17, 15) is 19.7 Å². The maximum absolute atomic E-state index is 13.8. The van der Waals surface area contributed by atoms with Gasteiger partial charge in [0, 0.05) is 22.5 Å². The number of fused-ring (bicyclic) bond motifs is 2. The van der Waals surface area contributed by atoms with Gasteiger partial charge in [-0.2, -0.15) is 0 Å². The predicted molar refractivity (Wildman–Crippen MR) is 169 cm³/mol. The number of ether oxygens (including phenoxy) is 1. The van der Waals surface area contributed by atoms with E-state index in [1.807, 2.05) is 48.5 Å². The lowest BCUT2D eigenvalue weighted by Gasteiger charge is -2.36. The van der Waals surface area contributed by atoms with Crippen LogP contribution in [0.5, 0.6) is 0 Å². The summed E-state index contributed by atoms with van der Waals surface area (Å²) < 4.78 is 5.55. The molecule has 1 aromatic heterocycles. The number of hydrogen-bond acceptors (Lipinski definition) is 6. The van der Waals surface area contributed by atoms with Crippen LogP contribution < -0.4 is 5.32 Å². The summed E-state index contributed by atoms with van der Waals surface area (Å²) in [5.41, 5.74) is 4.23. The largest absolute Gasteiger partial charge is 0.452 e. The van der Waals surface area contributed by atoms with E-state index < -0.39 is 23.4 Å². The average molecular weight is 619 g/mol. The molecule has 0 unspecified atom stereocenters. The monoisotopic (exact) mass is 617 g/mol. The molecule has 1 heterocycles. The van der Waals surface area contributed by atoms with Gasteiger partial charge in [-0.1, -0.05) is 74.3 Å². The van der Waals surface area contributed by atoms with Crippen molar-refractivity contribution in [1.29, 1.82) is 0 Å². The van der Waals surface area contributed by atoms with Gasteiger partial charge >= 0.3 is 5.97 Å². The number of esters is 1. The minimum Gasteiger partial charge on any atom is -0.452 e. The topological polar surface area (TPSA) is 111 Å². The molecule has 10 heteroatoms. The Balaban J connectivity index is 1.51. The Morgan fingerprint density at radius 3 is 2.49 bits per heavy atom. The Hall–Kier alpha value is -4.27. The van der Waals surface area contributed by atoms with Crippen LogP contribution in [0.1, 0.15) is 54.4 Å². The van der Waals surface area contributed by atoms with E-state index in [1.165, 1.54) is 12.1 Å². The van der Waals surface area contributed by atoms with Gasteiger partial charge in [-0.25, -0.2) is 9.78 Å². The first-order valence-electron chi connectivity index (χ1n) is 13.7. The molecule has 0 bridgehead atoms. The number of anilines is 1. The lowest BCUT2D eigenvalue weighted by atomic mass is 9.69. The van der Waals surface area contributed by atoms with Crippen LogP contribution >= 0.6 is 23.2 Å². The van der Waals surface area contributed by atoms with Gasteiger partial charge in [0.15, 0.2) is 6.61 Å². The lowest BCUT2D eigenvalue weighted by molar-refractivity contribution is -0.384. The zero-order valence-electron chi connectivity index (χ0n) is 23.8. The minimum atomic E-state index is -0.682. The molecule has 0 saturated heterocycles. The third-order valence-electron chi connectivity index (χ3n) is 7.62. The number of hydrogen-bond donors (Lipinski definition) is 1. The molecule has 0 aliphatic heterocycles. The van der Waals surface area contributed by atoms with Crippen molar-refractivity contribution >= 4 is 69.0 Å². The third-order valence-corrected chi connectivity index (χ3v) is 8.20. The van der Waals surface area contributed by atoms with Crippen LogP contribution in [0, 0.1) is 21.4 Å². The highest BCUT2D eigenvalue weighted by Crippen LogP contribution is 2.45. The summed E-state index contributed by atoms with van der Waals surface area (Å²) in [6.45, 7) is 5.93. The molecule has 1 aliphatic rings. The van der Waals surface area contributed by atoms with Crippen molar-refractivity contribution < 1.29 is 19.2 Å². The summed E-state index contributed by atoms with van der Waals surface area (Å²) in [7, 11) is 0. The second-order valence-electron chi connectivity index (χ2n) is 11.6. The summed E-state index contributed by atoms with van der Waals surface area (Å²) in [4.78, 5) is 42.1. The van der Waals surface area contributed by atoms with Crippen molar-refractivity contribution in [2.75, 3.05) is 11.9 Å². The molecule has 0 fully saturated rings. The van der Waals surface area contributed by atoms with Crippen molar-refractivity contribution in [2.24, 2.45) is 11.3 Å². The number of halogens is 2. The second kappa shape index (κ2) is 12.1. The molecule has 5 rings (SSSR count). The highest BCUT2D eigenvalue weighted by Gasteiger charge is 2.35. The highest BCUT2D eigenvalue weighted by atomic mass is 35.5. The normalized spacial score (nSPS) is 15.7. The van der Waals surface area contributed by atoms with Crippen molar-refractivity contribution in [2.45, 2.75) is 33.6 Å². The average Bonchev–Trinajstić information content (AvgIpc) is 2.96. The van der Waals surface area contributed by atoms with E-state index in [0.717, 1.165) is 34.9 Å². The van der Waals surface area contributed by atoms with E-state index in [2.05, 4.69) is 32.2 Å². The van der Waals surface area contributed by atoms with E-state index in [0.29, 0.717) is 27.9 Å². The molecule has 220 valence electrons. The summed E-state index contributed by atoms with van der Waals surface area (Å²) in [6.07, 6.45) is 3.46. The van der Waals surface area contributed by atoms with Crippen molar-refractivity contribution in [3.8, 4) is 0 Å². The Kier molecular flexibility index (Phi) is 8.53. The number of nitro groups is 1. The van der Waals surface area contributed by atoms with Gasteiger partial charge in [0.1, 0.15) is 0 Å². The fourth-order valence-corrected chi connectivity index (χ4v) is 5.53. The van der Waals surface area contributed by atoms with Gasteiger partial charge in [0.2, 0.25) is 0 Å². The third kappa shape index (κ3) is 6.71. The quantitative estimate of drug-likeness (QED) is 0.132. The van der Waals surface area contributed by atoms with Gasteiger partial charge in [-0.15, -0.1) is 0 Å². The molecule has 0 saturated carbocycles. The minimum absolute atomic E-state index is 0.0497. The number of aromatic nitrogens is 1. The molecular weight excluding hydrogens is 589 g/mol. The second-order valence-corrected chi connectivity index (χ2v) is 12.4. The summed E-state index contributed by atoms with van der Waals surface area (Å²) >= 11 is 12.2. The van der Waals surface area contributed by atoms with Crippen LogP contribution in [-0.4, -0.2) is 28.4 Å². The SMILES string of the molecule is CC(C)(C)[C@H]1C/C(=C/c2ccc(Cl)cc2)c2nc3ccccc3c(C(=O)OCC(=O)Nc3cc([N+](=O)[O-])ccc3Cl)c2C1. The van der Waals surface area contributed by atoms with E-state index >= 15 is 0 Å². The number of rotatable bonds is 6. The first-order chi connectivity index (χ1) is 20.4. The maximum atomic E-state index is 13.8. The molecule has 8 nitrogen and oxygen atoms in total. The van der Waals surface area contributed by atoms with Crippen LogP contribution in [0.25, 0.3) is 22.6 Å². The van der Waals surface area contributed by atoms with Crippen LogP contribution in [-0.2, 0) is 16.0 Å². The number of nitro benzene ring substituents is 1. The van der Waals surface area contributed by atoms with Gasteiger partial charge < -0.3 is 10.1 Å². The molecular formula is C33H29Cl2N3O5. The smallest absolute Gasteiger partial charge is 0.339 e. The molecule has 1 amide bonds. The maximum Gasteiger partial charge on any atom is 0.339 e. The predicted octanol–water partition coefficient (Wildman–Crippen LogP) is 8.39. The Bertz CT molecular complexity index is 1780. The van der Waals surface area contributed by atoms with Crippen LogP contribution in [0.2, 0.25) is 10.0 Å². The molecule has 1 N–H and O–H groups in total. The zero-order chi connectivity index (χ0) is 30.9. The van der Waals surface area contributed by atoms with Gasteiger partial charge in [-0.05, 0) is 71.2 Å². The number of amides is 1. The number of allylic oxidation sites excluding steroid dienone is 1. The lowest BCUT2D eigenvalue weighted by Crippen LogP contribution is -2.29. The van der Waals surface area contributed by atoms with Crippen LogP contribution in [0.15, 0.2) is 66.7 Å². The molecule has 1 aliphatic carbocycles. The van der Waals surface area contributed by atoms with Gasteiger partial charge in [0.25, 0.3) is 11.6 Å². The molecule has 3 aromatic carbocycles. The summed E-state index contributed by atoms with van der Waals surface area (Å²) in [6, 6.07) is 18.6. The summed E-state index contributed by atoms with van der Waals surface area (Å²) in [5, 5.41) is 15.0. The van der Waals surface area contributed by atoms with Crippen molar-refractivity contribution in [3.05, 3.63) is 109 Å². The number of pyridine rings is 1. The fourth-order valence-electron chi connectivity index (χ4n) is 5.24. The van der Waals surface area contributed by atoms with Crippen molar-refractivity contribution in [3.63, 3.8) is 0 Å². The standard InChI is InChI=1S/C33H29Cl2N3O5/c1-33(2,3)21-15-20(14-19-8-10-22(34)11-9-19)31-25(16-21)30(24-6-4-5-7-27(24)37-31)32(40)43-18-29(39)36-28-17-23(38(41)42)12-13-26(28)35/h4-14,17,21H,15-16,18H2,1-3H3,(H,36,39)/b20-14-/t21-/m0/s1. The number of para-hydroxylation sites is 1. The first kappa shape index (κ1) is 30.2. The Morgan fingerprint density at radius 1 is 1.07 bits per heavy atom. The number of benzene rings is 3. The highest BCUT2D eigenvalue weighted by molar-refractivity contribution is 6.33. The number of nitrogens with one attached hydrogen (secondary N) is 1. The molecule has 1 atom stereocenters.